The van der Waals surface area contributed by atoms with Crippen molar-refractivity contribution in [3.05, 3.63) is 12.2 Å². The highest BCUT2D eigenvalue weighted by Gasteiger charge is 1.98. The molecule has 0 bridgehead atoms. The van der Waals surface area contributed by atoms with E-state index in [2.05, 4.69) is 4.99 Å². The summed E-state index contributed by atoms with van der Waals surface area (Å²) in [4.78, 5) is 13.6. The van der Waals surface area contributed by atoms with Crippen molar-refractivity contribution in [2.45, 2.75) is 6.04 Å². The Morgan fingerprint density at radius 3 is 2.86 bits per heavy atom. The summed E-state index contributed by atoms with van der Waals surface area (Å²) >= 11 is 0. The molecule has 0 saturated carbocycles. The molecule has 0 aromatic heterocycles. The monoisotopic (exact) mass is 95.0 g/mol. The van der Waals surface area contributed by atoms with Crippen LogP contribution in [0.5, 0.6) is 0 Å². The molecule has 0 fully saturated rings. The number of aldehydes is 1. The van der Waals surface area contributed by atoms with Crippen LogP contribution >= 0.6 is 0 Å². The molecule has 0 saturated heterocycles. The summed E-state index contributed by atoms with van der Waals surface area (Å²) in [5, 5.41) is 0. The van der Waals surface area contributed by atoms with Gasteiger partial charge in [-0.2, -0.15) is 0 Å². The van der Waals surface area contributed by atoms with E-state index in [1.54, 1.807) is 18.4 Å². The van der Waals surface area contributed by atoms with Crippen LogP contribution in [0.3, 0.4) is 0 Å². The minimum absolute atomic E-state index is 0.194. The van der Waals surface area contributed by atoms with Gasteiger partial charge < -0.3 is 4.79 Å². The topological polar surface area (TPSA) is 29.4 Å². The SMILES string of the molecule is O=CC1C=CC=N1. The summed E-state index contributed by atoms with van der Waals surface area (Å²) in [6, 6.07) is -0.194. The third-order valence-corrected chi connectivity index (χ3v) is 0.792. The summed E-state index contributed by atoms with van der Waals surface area (Å²) in [5.74, 6) is 0. The normalized spacial score (nSPS) is 26.0. The molecule has 1 heterocycles. The van der Waals surface area contributed by atoms with E-state index in [1.165, 1.54) is 0 Å². The van der Waals surface area contributed by atoms with Gasteiger partial charge >= 0.3 is 0 Å². The second kappa shape index (κ2) is 1.69. The zero-order valence-electron chi connectivity index (χ0n) is 3.74. The fourth-order valence-corrected chi connectivity index (χ4v) is 0.443. The number of nitrogens with zero attached hydrogens (tertiary/aromatic N) is 1. The second-order valence-electron chi connectivity index (χ2n) is 1.31. The highest BCUT2D eigenvalue weighted by molar-refractivity contribution is 5.80. The van der Waals surface area contributed by atoms with E-state index < -0.39 is 0 Å². The van der Waals surface area contributed by atoms with Crippen LogP contribution in [0.4, 0.5) is 0 Å². The zero-order chi connectivity index (χ0) is 5.11. The first-order chi connectivity index (χ1) is 3.43. The Morgan fingerprint density at radius 1 is 1.71 bits per heavy atom. The van der Waals surface area contributed by atoms with Gasteiger partial charge in [-0.25, -0.2) is 0 Å². The molecule has 36 valence electrons. The fraction of sp³-hybridized carbons (Fsp3) is 0.200. The molecule has 1 unspecified atom stereocenters. The van der Waals surface area contributed by atoms with Crippen LogP contribution in [-0.4, -0.2) is 18.5 Å². The standard InChI is InChI=1S/C5H5NO/c7-4-5-2-1-3-6-5/h1-5H. The lowest BCUT2D eigenvalue weighted by molar-refractivity contribution is -0.107. The molecule has 1 atom stereocenters. The third-order valence-electron chi connectivity index (χ3n) is 0.792. The molecule has 0 aromatic rings. The first-order valence-corrected chi connectivity index (χ1v) is 2.09. The highest BCUT2D eigenvalue weighted by atomic mass is 16.1. The summed E-state index contributed by atoms with van der Waals surface area (Å²) in [6.07, 6.45) is 5.94. The van der Waals surface area contributed by atoms with Crippen LogP contribution in [0, 0.1) is 0 Å². The Bertz CT molecular complexity index is 114. The maximum Gasteiger partial charge on any atom is 0.148 e. The summed E-state index contributed by atoms with van der Waals surface area (Å²) < 4.78 is 0. The second-order valence-corrected chi connectivity index (χ2v) is 1.31. The quantitative estimate of drug-likeness (QED) is 0.427. The third kappa shape index (κ3) is 0.738. The Hall–Kier alpha value is -0.920. The summed E-state index contributed by atoms with van der Waals surface area (Å²) in [7, 11) is 0. The molecule has 7 heavy (non-hydrogen) atoms. The van der Waals surface area contributed by atoms with Crippen molar-refractivity contribution in [3.63, 3.8) is 0 Å². The van der Waals surface area contributed by atoms with Gasteiger partial charge in [-0.15, -0.1) is 0 Å². The van der Waals surface area contributed by atoms with Crippen molar-refractivity contribution < 1.29 is 4.79 Å². The van der Waals surface area contributed by atoms with Crippen molar-refractivity contribution in [1.82, 2.24) is 0 Å². The van der Waals surface area contributed by atoms with Gasteiger partial charge in [0.15, 0.2) is 0 Å². The number of carbonyl (C=O) groups excluding carboxylic acids is 1. The first kappa shape index (κ1) is 4.24. The van der Waals surface area contributed by atoms with Crippen molar-refractivity contribution in [1.29, 1.82) is 0 Å². The van der Waals surface area contributed by atoms with Gasteiger partial charge in [0.1, 0.15) is 12.3 Å². The fourth-order valence-electron chi connectivity index (χ4n) is 0.443. The Morgan fingerprint density at radius 2 is 2.57 bits per heavy atom. The van der Waals surface area contributed by atoms with Crippen LogP contribution in [0.15, 0.2) is 17.1 Å². The molecule has 2 nitrogen and oxygen atoms in total. The first-order valence-electron chi connectivity index (χ1n) is 2.09. The molecule has 0 aliphatic carbocycles. The number of allylic oxidation sites excluding steroid dienone is 1. The van der Waals surface area contributed by atoms with Crippen LogP contribution in [0.1, 0.15) is 0 Å². The maximum absolute atomic E-state index is 9.84. The molecule has 0 amide bonds. The van der Waals surface area contributed by atoms with E-state index in [0.29, 0.717) is 0 Å². The largest absolute Gasteiger partial charge is 0.301 e. The van der Waals surface area contributed by atoms with Crippen molar-refractivity contribution in [3.8, 4) is 0 Å². The van der Waals surface area contributed by atoms with Crippen LogP contribution < -0.4 is 0 Å². The molecule has 0 spiro atoms. The molecule has 1 aliphatic rings. The van der Waals surface area contributed by atoms with E-state index in [1.807, 2.05) is 0 Å². The molecule has 0 radical (unpaired) electrons. The van der Waals surface area contributed by atoms with E-state index in [4.69, 9.17) is 0 Å². The number of hydrogen-bond donors (Lipinski definition) is 0. The maximum atomic E-state index is 9.84. The average molecular weight is 95.1 g/mol. The Kier molecular flexibility index (Phi) is 1.02. The van der Waals surface area contributed by atoms with Gasteiger partial charge in [-0.05, 0) is 6.08 Å². The lowest BCUT2D eigenvalue weighted by Crippen LogP contribution is -1.95. The van der Waals surface area contributed by atoms with E-state index in [-0.39, 0.29) is 6.04 Å². The Labute approximate surface area is 41.6 Å². The van der Waals surface area contributed by atoms with Crippen LogP contribution in [0.25, 0.3) is 0 Å². The molecule has 1 rings (SSSR count). The lowest BCUT2D eigenvalue weighted by atomic mass is 10.4. The number of carbonyl (C=O) groups is 1. The number of aliphatic imine (C=N–C) groups is 1. The minimum atomic E-state index is -0.194. The molecule has 0 aromatic carbocycles. The molecular formula is C5H5NO. The number of hydrogen-bond acceptors (Lipinski definition) is 2. The van der Waals surface area contributed by atoms with Gasteiger partial charge in [0, 0.05) is 6.21 Å². The summed E-state index contributed by atoms with van der Waals surface area (Å²) in [6.45, 7) is 0. The van der Waals surface area contributed by atoms with Crippen LogP contribution in [-0.2, 0) is 4.79 Å². The molecule has 0 N–H and O–H groups in total. The highest BCUT2D eigenvalue weighted by Crippen LogP contribution is 1.93. The van der Waals surface area contributed by atoms with Gasteiger partial charge in [-0.1, -0.05) is 6.08 Å². The van der Waals surface area contributed by atoms with Gasteiger partial charge in [0.2, 0.25) is 0 Å². The minimum Gasteiger partial charge on any atom is -0.301 e. The lowest BCUT2D eigenvalue weighted by Gasteiger charge is -1.83. The van der Waals surface area contributed by atoms with Crippen molar-refractivity contribution >= 4 is 12.5 Å². The molecule has 2 heteroatoms. The van der Waals surface area contributed by atoms with Crippen molar-refractivity contribution in [2.24, 2.45) is 4.99 Å². The zero-order valence-corrected chi connectivity index (χ0v) is 3.74. The van der Waals surface area contributed by atoms with E-state index in [9.17, 15) is 4.79 Å². The smallest absolute Gasteiger partial charge is 0.148 e. The molecular weight excluding hydrogens is 90.1 g/mol. The van der Waals surface area contributed by atoms with Gasteiger partial charge in [-0.3, -0.25) is 4.99 Å². The van der Waals surface area contributed by atoms with E-state index in [0.717, 1.165) is 6.29 Å². The predicted molar refractivity (Wildman–Crippen MR) is 27.5 cm³/mol. The predicted octanol–water partition coefficient (Wildman–Crippen LogP) is 0.195. The summed E-state index contributed by atoms with van der Waals surface area (Å²) in [5.41, 5.74) is 0. The number of rotatable bonds is 1. The van der Waals surface area contributed by atoms with Crippen molar-refractivity contribution in [2.75, 3.05) is 0 Å². The molecule has 1 aliphatic heterocycles. The van der Waals surface area contributed by atoms with Gasteiger partial charge in [0.25, 0.3) is 0 Å². The Balaban J connectivity index is 2.59. The van der Waals surface area contributed by atoms with E-state index >= 15 is 0 Å². The van der Waals surface area contributed by atoms with Crippen LogP contribution in [0.2, 0.25) is 0 Å². The average Bonchev–Trinajstić information content (AvgIpc) is 2.14. The van der Waals surface area contributed by atoms with Gasteiger partial charge in [0.05, 0.1) is 0 Å².